The minimum absolute atomic E-state index is 0.213. The Kier molecular flexibility index (Phi) is 4.97. The summed E-state index contributed by atoms with van der Waals surface area (Å²) < 4.78 is 33.2. The summed E-state index contributed by atoms with van der Waals surface area (Å²) in [5, 5.41) is 9.82. The van der Waals surface area contributed by atoms with E-state index in [4.69, 9.17) is 4.65 Å². The lowest BCUT2D eigenvalue weighted by Crippen LogP contribution is -2.29. The molecule has 0 amide bonds. The second-order valence-corrected chi connectivity index (χ2v) is 9.03. The summed E-state index contributed by atoms with van der Waals surface area (Å²) in [6, 6.07) is 22.8. The van der Waals surface area contributed by atoms with Gasteiger partial charge in [-0.15, -0.1) is 0 Å². The topological polar surface area (TPSA) is 66.8 Å². The van der Waals surface area contributed by atoms with Gasteiger partial charge in [-0.2, -0.15) is 0 Å². The molecule has 1 heterocycles. The van der Waals surface area contributed by atoms with Crippen molar-refractivity contribution in [3.05, 3.63) is 84.4 Å². The summed E-state index contributed by atoms with van der Waals surface area (Å²) in [6.07, 6.45) is 0. The Hall–Kier alpha value is -2.26. The first-order chi connectivity index (χ1) is 13.1. The minimum Gasteiger partial charge on any atom is -0.423 e. The maximum atomic E-state index is 13.3. The van der Waals surface area contributed by atoms with Crippen molar-refractivity contribution in [2.75, 3.05) is 3.71 Å². The van der Waals surface area contributed by atoms with Gasteiger partial charge in [0.2, 0.25) is 0 Å². The summed E-state index contributed by atoms with van der Waals surface area (Å²) in [5.41, 5.74) is 1.95. The number of hydrogen-bond acceptors (Lipinski definition) is 5. The molecule has 0 fully saturated rings. The summed E-state index contributed by atoms with van der Waals surface area (Å²) in [6.45, 7) is 0.250. The Labute approximate surface area is 162 Å². The van der Waals surface area contributed by atoms with Gasteiger partial charge in [0.25, 0.3) is 10.0 Å². The third-order valence-electron chi connectivity index (χ3n) is 4.19. The molecule has 1 N–H and O–H groups in total. The molecule has 136 valence electrons. The van der Waals surface area contributed by atoms with Crippen LogP contribution in [0.1, 0.15) is 5.56 Å². The van der Waals surface area contributed by atoms with Crippen LogP contribution in [-0.4, -0.2) is 20.6 Å². The van der Waals surface area contributed by atoms with Crippen molar-refractivity contribution < 1.29 is 18.1 Å². The molecular weight excluding hydrogens is 381 g/mol. The largest absolute Gasteiger partial charge is 0.491 e. The van der Waals surface area contributed by atoms with E-state index in [0.29, 0.717) is 11.2 Å². The maximum absolute atomic E-state index is 13.3. The van der Waals surface area contributed by atoms with Gasteiger partial charge in [0.1, 0.15) is 0 Å². The molecule has 3 aromatic rings. The Morgan fingerprint density at radius 1 is 0.963 bits per heavy atom. The molecule has 0 atom stereocenters. The summed E-state index contributed by atoms with van der Waals surface area (Å²) in [4.78, 5) is 1.01. The standard InChI is InChI=1S/C19H16BNO4S2/c22-20-19-12-11-16(13-15(19)14-25-20)21(26-17-7-3-1-4-8-17)27(23,24)18-9-5-2-6-10-18/h1-13,22H,14H2. The molecule has 1 aliphatic rings. The second-order valence-electron chi connectivity index (χ2n) is 6.00. The fraction of sp³-hybridized carbons (Fsp3) is 0.0526. The molecule has 0 saturated heterocycles. The molecule has 8 heteroatoms. The number of rotatable bonds is 5. The van der Waals surface area contributed by atoms with Crippen LogP contribution in [0.2, 0.25) is 0 Å². The average molecular weight is 397 g/mol. The Bertz CT molecular complexity index is 1050. The average Bonchev–Trinajstić information content (AvgIpc) is 3.08. The molecule has 0 aromatic heterocycles. The van der Waals surface area contributed by atoms with Gasteiger partial charge in [-0.25, -0.2) is 12.1 Å². The van der Waals surface area contributed by atoms with Crippen LogP contribution in [-0.2, 0) is 21.3 Å². The molecule has 27 heavy (non-hydrogen) atoms. The monoisotopic (exact) mass is 397 g/mol. The number of sulfonamides is 1. The maximum Gasteiger partial charge on any atom is 0.491 e. The second kappa shape index (κ2) is 7.40. The lowest BCUT2D eigenvalue weighted by Gasteiger charge is -2.23. The molecule has 0 spiro atoms. The molecule has 0 bridgehead atoms. The smallest absolute Gasteiger partial charge is 0.423 e. The minimum atomic E-state index is -3.79. The molecule has 5 nitrogen and oxygen atoms in total. The lowest BCUT2D eigenvalue weighted by atomic mass is 9.79. The van der Waals surface area contributed by atoms with Gasteiger partial charge in [0, 0.05) is 16.8 Å². The van der Waals surface area contributed by atoms with Gasteiger partial charge < -0.3 is 9.68 Å². The summed E-state index contributed by atoms with van der Waals surface area (Å²) in [7, 11) is -4.75. The van der Waals surface area contributed by atoms with Crippen LogP contribution in [0.15, 0.2) is 88.7 Å². The molecule has 1 aliphatic heterocycles. The van der Waals surface area contributed by atoms with Crippen LogP contribution in [0.25, 0.3) is 0 Å². The van der Waals surface area contributed by atoms with Gasteiger partial charge in [0.05, 0.1) is 17.2 Å². The van der Waals surface area contributed by atoms with Crippen molar-refractivity contribution in [2.45, 2.75) is 16.4 Å². The lowest BCUT2D eigenvalue weighted by molar-refractivity contribution is 0.275. The molecule has 0 radical (unpaired) electrons. The predicted octanol–water partition coefficient (Wildman–Crippen LogP) is 2.81. The molecule has 0 unspecified atom stereocenters. The van der Waals surface area contributed by atoms with Gasteiger partial charge >= 0.3 is 7.12 Å². The predicted molar refractivity (Wildman–Crippen MR) is 107 cm³/mol. The van der Waals surface area contributed by atoms with Crippen molar-refractivity contribution in [1.82, 2.24) is 0 Å². The normalized spacial score (nSPS) is 13.4. The molecule has 0 saturated carbocycles. The fourth-order valence-corrected chi connectivity index (χ4v) is 5.52. The Morgan fingerprint density at radius 2 is 1.63 bits per heavy atom. The van der Waals surface area contributed by atoms with E-state index in [2.05, 4.69) is 0 Å². The van der Waals surface area contributed by atoms with E-state index in [0.717, 1.165) is 22.4 Å². The van der Waals surface area contributed by atoms with E-state index in [9.17, 15) is 13.4 Å². The first-order valence-electron chi connectivity index (χ1n) is 8.31. The van der Waals surface area contributed by atoms with Crippen LogP contribution in [0.3, 0.4) is 0 Å². The highest BCUT2D eigenvalue weighted by Crippen LogP contribution is 2.35. The quantitative estimate of drug-likeness (QED) is 0.530. The highest BCUT2D eigenvalue weighted by Gasteiger charge is 2.31. The van der Waals surface area contributed by atoms with E-state index in [1.807, 2.05) is 30.3 Å². The van der Waals surface area contributed by atoms with Crippen molar-refractivity contribution in [1.29, 1.82) is 0 Å². The first kappa shape index (κ1) is 18.1. The zero-order valence-corrected chi connectivity index (χ0v) is 15.9. The molecule has 0 aliphatic carbocycles. The number of nitrogens with zero attached hydrogens (tertiary/aromatic N) is 1. The Balaban J connectivity index is 1.79. The zero-order chi connectivity index (χ0) is 18.9. The van der Waals surface area contributed by atoms with Crippen molar-refractivity contribution in [3.8, 4) is 0 Å². The highest BCUT2D eigenvalue weighted by atomic mass is 32.3. The summed E-state index contributed by atoms with van der Waals surface area (Å²) >= 11 is 1.13. The van der Waals surface area contributed by atoms with E-state index in [1.54, 1.807) is 48.5 Å². The number of hydrogen-bond donors (Lipinski definition) is 1. The first-order valence-corrected chi connectivity index (χ1v) is 10.5. The number of fused-ring (bicyclic) bond motifs is 1. The van der Waals surface area contributed by atoms with Crippen LogP contribution >= 0.6 is 11.9 Å². The molecule has 3 aromatic carbocycles. The van der Waals surface area contributed by atoms with Gasteiger partial charge in [0.15, 0.2) is 0 Å². The van der Waals surface area contributed by atoms with E-state index < -0.39 is 17.1 Å². The molecular formula is C19H16BNO4S2. The van der Waals surface area contributed by atoms with Crippen LogP contribution in [0, 0.1) is 0 Å². The zero-order valence-electron chi connectivity index (χ0n) is 14.2. The number of benzene rings is 3. The van der Waals surface area contributed by atoms with Crippen LogP contribution < -0.4 is 9.17 Å². The Morgan fingerprint density at radius 3 is 2.33 bits per heavy atom. The van der Waals surface area contributed by atoms with Crippen LogP contribution in [0.4, 0.5) is 5.69 Å². The SMILES string of the molecule is O=S(=O)(c1ccccc1)N(Sc1ccccc1)c1ccc2c(c1)COB2O. The number of anilines is 1. The highest BCUT2D eigenvalue weighted by molar-refractivity contribution is 8.14. The van der Waals surface area contributed by atoms with Crippen LogP contribution in [0.5, 0.6) is 0 Å². The van der Waals surface area contributed by atoms with Gasteiger partial charge in [-0.1, -0.05) is 42.5 Å². The van der Waals surface area contributed by atoms with E-state index >= 15 is 0 Å². The van der Waals surface area contributed by atoms with E-state index in [-0.39, 0.29) is 11.5 Å². The van der Waals surface area contributed by atoms with Crippen molar-refractivity contribution in [2.24, 2.45) is 0 Å². The van der Waals surface area contributed by atoms with Gasteiger partial charge in [-0.05, 0) is 47.4 Å². The van der Waals surface area contributed by atoms with E-state index in [1.165, 1.54) is 3.71 Å². The molecule has 4 rings (SSSR count). The third-order valence-corrected chi connectivity index (χ3v) is 7.38. The van der Waals surface area contributed by atoms with Crippen molar-refractivity contribution in [3.63, 3.8) is 0 Å². The van der Waals surface area contributed by atoms with Crippen molar-refractivity contribution >= 4 is 40.2 Å². The van der Waals surface area contributed by atoms with Gasteiger partial charge in [-0.3, -0.25) is 0 Å². The third kappa shape index (κ3) is 3.61. The fourth-order valence-electron chi connectivity index (χ4n) is 2.84. The summed E-state index contributed by atoms with van der Waals surface area (Å²) in [5.74, 6) is 0.